The van der Waals surface area contributed by atoms with Crippen molar-refractivity contribution >= 4 is 31.5 Å². The Hall–Kier alpha value is -2.06. The molecular formula is C17H15ClFN3O4S2. The Morgan fingerprint density at radius 2 is 1.89 bits per heavy atom. The van der Waals surface area contributed by atoms with Gasteiger partial charge < -0.3 is 0 Å². The molecule has 2 aromatic rings. The fourth-order valence-electron chi connectivity index (χ4n) is 2.84. The van der Waals surface area contributed by atoms with Crippen molar-refractivity contribution < 1.29 is 21.2 Å². The van der Waals surface area contributed by atoms with Crippen LogP contribution in [0.1, 0.15) is 18.5 Å². The third kappa shape index (κ3) is 4.50. The van der Waals surface area contributed by atoms with Gasteiger partial charge in [0, 0.05) is 11.6 Å². The van der Waals surface area contributed by atoms with Gasteiger partial charge in [-0.15, -0.1) is 0 Å². The number of rotatable bonds is 4. The van der Waals surface area contributed by atoms with Crippen LogP contribution in [-0.4, -0.2) is 39.4 Å². The van der Waals surface area contributed by atoms with Crippen LogP contribution in [0.2, 0.25) is 5.02 Å². The zero-order valence-corrected chi connectivity index (χ0v) is 16.8. The molecule has 148 valence electrons. The maximum Gasteiger partial charge on any atom is 0.240 e. The number of sulfone groups is 1. The smallest absolute Gasteiger partial charge is 0.234 e. The molecule has 0 unspecified atom stereocenters. The topological polar surface area (TPSA) is 117 Å². The fourth-order valence-corrected chi connectivity index (χ4v) is 6.00. The molecule has 1 aromatic heterocycles. The summed E-state index contributed by atoms with van der Waals surface area (Å²) in [6, 6.07) is 7.56. The molecule has 2 heterocycles. The zero-order chi connectivity index (χ0) is 20.5. The van der Waals surface area contributed by atoms with Crippen LogP contribution >= 0.6 is 11.6 Å². The van der Waals surface area contributed by atoms with E-state index in [0.29, 0.717) is 5.56 Å². The molecule has 0 saturated carbocycles. The highest BCUT2D eigenvalue weighted by atomic mass is 35.5. The second-order valence-electron chi connectivity index (χ2n) is 6.33. The van der Waals surface area contributed by atoms with Gasteiger partial charge in [-0.2, -0.15) is 5.26 Å². The minimum Gasteiger partial charge on any atom is -0.234 e. The Kier molecular flexibility index (Phi) is 5.72. The van der Waals surface area contributed by atoms with Crippen LogP contribution in [-0.2, 0) is 19.9 Å². The number of halogens is 2. The number of nitrogens with zero attached hydrogens (tertiary/aromatic N) is 2. The van der Waals surface area contributed by atoms with Gasteiger partial charge >= 0.3 is 0 Å². The Bertz CT molecular complexity index is 1160. The zero-order valence-electron chi connectivity index (χ0n) is 14.4. The maximum atomic E-state index is 13.4. The molecule has 3 rings (SSSR count). The number of hydrogen-bond acceptors (Lipinski definition) is 6. The predicted molar refractivity (Wildman–Crippen MR) is 101 cm³/mol. The molecule has 0 aliphatic carbocycles. The molecule has 0 radical (unpaired) electrons. The van der Waals surface area contributed by atoms with E-state index < -0.39 is 31.7 Å². The number of pyridine rings is 1. The summed E-state index contributed by atoms with van der Waals surface area (Å²) in [6.07, 6.45) is 0.424. The lowest BCUT2D eigenvalue weighted by atomic mass is 10.1. The summed E-state index contributed by atoms with van der Waals surface area (Å²) in [4.78, 5) is 3.79. The van der Waals surface area contributed by atoms with E-state index in [1.807, 2.05) is 0 Å². The summed E-state index contributed by atoms with van der Waals surface area (Å²) in [5.41, 5.74) is 0.192. The van der Waals surface area contributed by atoms with Crippen molar-refractivity contribution in [2.45, 2.75) is 23.8 Å². The number of hydrogen-bond donors (Lipinski definition) is 1. The Morgan fingerprint density at radius 1 is 1.21 bits per heavy atom. The van der Waals surface area contributed by atoms with Crippen molar-refractivity contribution in [3.63, 3.8) is 0 Å². The Labute approximate surface area is 167 Å². The first-order valence-electron chi connectivity index (χ1n) is 8.20. The van der Waals surface area contributed by atoms with Crippen molar-refractivity contribution in [3.8, 4) is 17.3 Å². The average Bonchev–Trinajstić information content (AvgIpc) is 2.64. The van der Waals surface area contributed by atoms with Crippen molar-refractivity contribution in [1.29, 1.82) is 5.26 Å². The second-order valence-corrected chi connectivity index (χ2v) is 10.8. The predicted octanol–water partition coefficient (Wildman–Crippen LogP) is 2.27. The van der Waals surface area contributed by atoms with E-state index in [9.17, 15) is 21.2 Å². The molecule has 1 N–H and O–H groups in total. The maximum absolute atomic E-state index is 13.4. The van der Waals surface area contributed by atoms with E-state index in [4.69, 9.17) is 16.9 Å². The number of sulfonamides is 1. The molecule has 0 spiro atoms. The van der Waals surface area contributed by atoms with E-state index in [-0.39, 0.29) is 45.7 Å². The number of aromatic nitrogens is 1. The van der Waals surface area contributed by atoms with Gasteiger partial charge in [0.25, 0.3) is 0 Å². The van der Waals surface area contributed by atoms with Gasteiger partial charge in [0.15, 0.2) is 11.5 Å². The van der Waals surface area contributed by atoms with E-state index in [1.165, 1.54) is 24.3 Å². The highest BCUT2D eigenvalue weighted by molar-refractivity contribution is 7.91. The van der Waals surface area contributed by atoms with Gasteiger partial charge in [0.1, 0.15) is 15.9 Å². The Balaban J connectivity index is 1.84. The van der Waals surface area contributed by atoms with Gasteiger partial charge in [0.2, 0.25) is 10.0 Å². The molecule has 1 aliphatic rings. The number of nitrogens with one attached hydrogen (secondary N) is 1. The number of nitriles is 1. The molecular weight excluding hydrogens is 429 g/mol. The van der Waals surface area contributed by atoms with Crippen LogP contribution < -0.4 is 4.72 Å². The molecule has 1 aliphatic heterocycles. The van der Waals surface area contributed by atoms with Crippen LogP contribution in [0.3, 0.4) is 0 Å². The SMILES string of the molecule is N#Cc1nc(-c2ccc(S(=O)(=O)NC3CCS(=O)(=O)CC3)cc2Cl)ccc1F. The first-order chi connectivity index (χ1) is 13.1. The molecule has 1 aromatic carbocycles. The van der Waals surface area contributed by atoms with Crippen molar-refractivity contribution in [3.05, 3.63) is 46.9 Å². The first kappa shape index (κ1) is 20.7. The third-order valence-electron chi connectivity index (χ3n) is 4.36. The molecule has 0 bridgehead atoms. The average molecular weight is 444 g/mol. The summed E-state index contributed by atoms with van der Waals surface area (Å²) < 4.78 is 64.0. The molecule has 1 fully saturated rings. The summed E-state index contributed by atoms with van der Waals surface area (Å²) in [5.74, 6) is -0.880. The van der Waals surface area contributed by atoms with Gasteiger partial charge in [-0.1, -0.05) is 11.6 Å². The van der Waals surface area contributed by atoms with Gasteiger partial charge in [-0.25, -0.2) is 30.9 Å². The van der Waals surface area contributed by atoms with Crippen LogP contribution in [0.5, 0.6) is 0 Å². The molecule has 28 heavy (non-hydrogen) atoms. The van der Waals surface area contributed by atoms with E-state index in [1.54, 1.807) is 6.07 Å². The lowest BCUT2D eigenvalue weighted by molar-refractivity contribution is 0.505. The summed E-state index contributed by atoms with van der Waals surface area (Å²) in [5, 5.41) is 8.95. The lowest BCUT2D eigenvalue weighted by Gasteiger charge is -2.23. The standard InChI is InChI=1S/C17H15ClFN3O4S2/c18-14-9-12(28(25,26)22-11-5-7-27(23,24)8-6-11)1-2-13(14)16-4-3-15(19)17(10-20)21-16/h1-4,9,11,22H,5-8H2. The van der Waals surface area contributed by atoms with E-state index in [2.05, 4.69) is 9.71 Å². The largest absolute Gasteiger partial charge is 0.240 e. The van der Waals surface area contributed by atoms with Gasteiger partial charge in [-0.3, -0.25) is 0 Å². The van der Waals surface area contributed by atoms with Gasteiger partial charge in [-0.05, 0) is 43.2 Å². The Morgan fingerprint density at radius 3 is 2.50 bits per heavy atom. The monoisotopic (exact) mass is 443 g/mol. The van der Waals surface area contributed by atoms with Crippen molar-refractivity contribution in [2.75, 3.05) is 11.5 Å². The van der Waals surface area contributed by atoms with E-state index >= 15 is 0 Å². The normalized spacial score (nSPS) is 17.2. The van der Waals surface area contributed by atoms with Crippen LogP contribution in [0, 0.1) is 17.1 Å². The first-order valence-corrected chi connectivity index (χ1v) is 11.9. The highest BCUT2D eigenvalue weighted by Crippen LogP contribution is 2.29. The molecule has 1 saturated heterocycles. The quantitative estimate of drug-likeness (QED) is 0.774. The molecule has 0 atom stereocenters. The van der Waals surface area contributed by atoms with E-state index in [0.717, 1.165) is 6.07 Å². The van der Waals surface area contributed by atoms with Crippen LogP contribution in [0.15, 0.2) is 35.2 Å². The summed E-state index contributed by atoms with van der Waals surface area (Å²) >= 11 is 6.20. The van der Waals surface area contributed by atoms with Crippen molar-refractivity contribution in [1.82, 2.24) is 9.71 Å². The molecule has 0 amide bonds. The fraction of sp³-hybridized carbons (Fsp3) is 0.294. The summed E-state index contributed by atoms with van der Waals surface area (Å²) in [6.45, 7) is 0. The minimum atomic E-state index is -3.90. The molecule has 11 heteroatoms. The minimum absolute atomic E-state index is 0.0582. The second kappa shape index (κ2) is 7.75. The lowest BCUT2D eigenvalue weighted by Crippen LogP contribution is -2.40. The molecule has 7 nitrogen and oxygen atoms in total. The van der Waals surface area contributed by atoms with Crippen molar-refractivity contribution in [2.24, 2.45) is 0 Å². The third-order valence-corrected chi connectivity index (χ3v) is 7.90. The van der Waals surface area contributed by atoms with Crippen LogP contribution in [0.25, 0.3) is 11.3 Å². The van der Waals surface area contributed by atoms with Gasteiger partial charge in [0.05, 0.1) is 27.1 Å². The van der Waals surface area contributed by atoms with Crippen LogP contribution in [0.4, 0.5) is 4.39 Å². The summed E-state index contributed by atoms with van der Waals surface area (Å²) in [7, 11) is -7.00. The highest BCUT2D eigenvalue weighted by Gasteiger charge is 2.28. The number of benzene rings is 1.